The zero-order valence-electron chi connectivity index (χ0n) is 15.1. The molecule has 0 spiro atoms. The lowest BCUT2D eigenvalue weighted by Gasteiger charge is -2.08. The Morgan fingerprint density at radius 2 is 2.00 bits per heavy atom. The molecule has 0 radical (unpaired) electrons. The predicted octanol–water partition coefficient (Wildman–Crippen LogP) is 4.25. The number of hydrogen-bond donors (Lipinski definition) is 1. The minimum absolute atomic E-state index is 0.0235. The Bertz CT molecular complexity index is 1040. The summed E-state index contributed by atoms with van der Waals surface area (Å²) in [5, 5.41) is 13.3. The quantitative estimate of drug-likeness (QED) is 0.368. The Labute approximate surface area is 165 Å². The van der Waals surface area contributed by atoms with E-state index in [2.05, 4.69) is 10.3 Å². The largest absolute Gasteiger partial charge is 0.453 e. The van der Waals surface area contributed by atoms with Crippen molar-refractivity contribution in [2.24, 2.45) is 0 Å². The molecule has 1 aromatic heterocycles. The van der Waals surface area contributed by atoms with E-state index in [1.165, 1.54) is 54.7 Å². The Kier molecular flexibility index (Phi) is 6.26. The molecule has 0 bridgehead atoms. The van der Waals surface area contributed by atoms with E-state index in [4.69, 9.17) is 4.74 Å². The van der Waals surface area contributed by atoms with Crippen molar-refractivity contribution in [2.45, 2.75) is 6.54 Å². The number of nitro groups is 1. The number of halogens is 1. The summed E-state index contributed by atoms with van der Waals surface area (Å²) in [6.45, 7) is 0.132. The third-order valence-electron chi connectivity index (χ3n) is 3.86. The van der Waals surface area contributed by atoms with Gasteiger partial charge in [-0.1, -0.05) is 6.07 Å². The van der Waals surface area contributed by atoms with Crippen molar-refractivity contribution in [3.8, 4) is 11.5 Å². The van der Waals surface area contributed by atoms with E-state index in [9.17, 15) is 19.3 Å². The van der Waals surface area contributed by atoms with Crippen LogP contribution in [0.4, 0.5) is 10.1 Å². The summed E-state index contributed by atoms with van der Waals surface area (Å²) in [7, 11) is 0. The van der Waals surface area contributed by atoms with Crippen LogP contribution in [0, 0.1) is 15.9 Å². The Balaban J connectivity index is 1.54. The standard InChI is InChI=1S/C21H16FN3O4/c22-19-12-16(5-9-20(19)29-18-2-1-11-23-14-18)13-24-21(26)10-6-15-3-7-17(8-4-15)25(27)28/h1-12,14H,13H2,(H,24,26)/b10-6+. The van der Waals surface area contributed by atoms with Crippen LogP contribution < -0.4 is 10.1 Å². The van der Waals surface area contributed by atoms with Gasteiger partial charge in [-0.15, -0.1) is 0 Å². The Morgan fingerprint density at radius 1 is 1.21 bits per heavy atom. The van der Waals surface area contributed by atoms with Gasteiger partial charge in [0, 0.05) is 31.0 Å². The lowest BCUT2D eigenvalue weighted by atomic mass is 10.2. The molecule has 0 fully saturated rings. The summed E-state index contributed by atoms with van der Waals surface area (Å²) in [6, 6.07) is 13.6. The number of ether oxygens (including phenoxy) is 1. The molecule has 0 aliphatic rings. The number of benzene rings is 2. The van der Waals surface area contributed by atoms with Crippen molar-refractivity contribution in [1.29, 1.82) is 0 Å². The van der Waals surface area contributed by atoms with Crippen LogP contribution in [0.3, 0.4) is 0 Å². The second-order valence-corrected chi connectivity index (χ2v) is 5.96. The van der Waals surface area contributed by atoms with E-state index in [1.54, 1.807) is 24.4 Å². The molecule has 3 rings (SSSR count). The Morgan fingerprint density at radius 3 is 2.66 bits per heavy atom. The number of nitrogens with zero attached hydrogens (tertiary/aromatic N) is 2. The summed E-state index contributed by atoms with van der Waals surface area (Å²) in [5.41, 5.74) is 1.19. The number of aromatic nitrogens is 1. The molecule has 0 saturated carbocycles. The molecule has 1 N–H and O–H groups in total. The number of pyridine rings is 1. The van der Waals surface area contributed by atoms with Crippen LogP contribution >= 0.6 is 0 Å². The minimum atomic E-state index is -0.554. The van der Waals surface area contributed by atoms with Crippen molar-refractivity contribution in [3.05, 3.63) is 100 Å². The molecule has 0 aliphatic heterocycles. The van der Waals surface area contributed by atoms with Crippen LogP contribution in [0.15, 0.2) is 73.1 Å². The fraction of sp³-hybridized carbons (Fsp3) is 0.0476. The van der Waals surface area contributed by atoms with Gasteiger partial charge in [0.25, 0.3) is 5.69 Å². The molecule has 7 nitrogen and oxygen atoms in total. The van der Waals surface area contributed by atoms with Crippen LogP contribution in [0.1, 0.15) is 11.1 Å². The maximum Gasteiger partial charge on any atom is 0.269 e. The number of nitrogens with one attached hydrogen (secondary N) is 1. The third kappa shape index (κ3) is 5.70. The molecule has 146 valence electrons. The first-order valence-electron chi connectivity index (χ1n) is 8.58. The molecule has 29 heavy (non-hydrogen) atoms. The van der Waals surface area contributed by atoms with E-state index in [-0.39, 0.29) is 23.9 Å². The third-order valence-corrected chi connectivity index (χ3v) is 3.86. The summed E-state index contributed by atoms with van der Waals surface area (Å²) < 4.78 is 19.6. The maximum atomic E-state index is 14.2. The monoisotopic (exact) mass is 393 g/mol. The highest BCUT2D eigenvalue weighted by atomic mass is 19.1. The first-order valence-corrected chi connectivity index (χ1v) is 8.58. The van der Waals surface area contributed by atoms with Crippen LogP contribution in [0.2, 0.25) is 0 Å². The molecular weight excluding hydrogens is 377 g/mol. The van der Waals surface area contributed by atoms with Gasteiger partial charge in [0.1, 0.15) is 5.75 Å². The van der Waals surface area contributed by atoms with Crippen molar-refractivity contribution in [2.75, 3.05) is 0 Å². The lowest BCUT2D eigenvalue weighted by Crippen LogP contribution is -2.20. The SMILES string of the molecule is O=C(/C=C/c1ccc([N+](=O)[O-])cc1)NCc1ccc(Oc2cccnc2)c(F)c1. The molecule has 0 unspecified atom stereocenters. The summed E-state index contributed by atoms with van der Waals surface area (Å²) in [5.74, 6) is -0.448. The zero-order valence-corrected chi connectivity index (χ0v) is 15.1. The van der Waals surface area contributed by atoms with Crippen LogP contribution in [0.25, 0.3) is 6.08 Å². The first-order chi connectivity index (χ1) is 14.0. The van der Waals surface area contributed by atoms with Crippen LogP contribution in [0.5, 0.6) is 11.5 Å². The van der Waals surface area contributed by atoms with Gasteiger partial charge in [0.2, 0.25) is 5.91 Å². The topological polar surface area (TPSA) is 94.4 Å². The predicted molar refractivity (Wildman–Crippen MR) is 105 cm³/mol. The molecule has 1 heterocycles. The molecule has 0 atom stereocenters. The smallest absolute Gasteiger partial charge is 0.269 e. The molecule has 2 aromatic carbocycles. The average Bonchev–Trinajstić information content (AvgIpc) is 2.73. The van der Waals surface area contributed by atoms with Crippen molar-refractivity contribution >= 4 is 17.7 Å². The number of hydrogen-bond acceptors (Lipinski definition) is 5. The van der Waals surface area contributed by atoms with E-state index in [0.717, 1.165) is 0 Å². The van der Waals surface area contributed by atoms with Gasteiger partial charge in [-0.05, 0) is 53.6 Å². The highest BCUT2D eigenvalue weighted by molar-refractivity contribution is 5.91. The molecule has 8 heteroatoms. The first kappa shape index (κ1) is 19.7. The van der Waals surface area contributed by atoms with Gasteiger partial charge in [0.05, 0.1) is 11.1 Å². The van der Waals surface area contributed by atoms with Gasteiger partial charge < -0.3 is 10.1 Å². The number of carbonyl (C=O) groups is 1. The number of rotatable bonds is 7. The lowest BCUT2D eigenvalue weighted by molar-refractivity contribution is -0.384. The number of amides is 1. The van der Waals surface area contributed by atoms with Gasteiger partial charge in [-0.25, -0.2) is 4.39 Å². The average molecular weight is 393 g/mol. The van der Waals surface area contributed by atoms with Crippen molar-refractivity contribution < 1.29 is 18.8 Å². The molecular formula is C21H16FN3O4. The van der Waals surface area contributed by atoms with Gasteiger partial charge >= 0.3 is 0 Å². The highest BCUT2D eigenvalue weighted by Crippen LogP contribution is 2.24. The second kappa shape index (κ2) is 9.23. The molecule has 1 amide bonds. The molecule has 3 aromatic rings. The number of carbonyl (C=O) groups excluding carboxylic acids is 1. The minimum Gasteiger partial charge on any atom is -0.453 e. The second-order valence-electron chi connectivity index (χ2n) is 5.96. The fourth-order valence-corrected chi connectivity index (χ4v) is 2.40. The fourth-order valence-electron chi connectivity index (χ4n) is 2.40. The van der Waals surface area contributed by atoms with Gasteiger partial charge in [0.15, 0.2) is 11.6 Å². The maximum absolute atomic E-state index is 14.2. The van der Waals surface area contributed by atoms with E-state index in [0.29, 0.717) is 16.9 Å². The van der Waals surface area contributed by atoms with Crippen molar-refractivity contribution in [3.63, 3.8) is 0 Å². The van der Waals surface area contributed by atoms with Crippen LogP contribution in [-0.2, 0) is 11.3 Å². The molecule has 0 saturated heterocycles. The molecule has 0 aliphatic carbocycles. The Hall–Kier alpha value is -4.07. The summed E-state index contributed by atoms with van der Waals surface area (Å²) in [6.07, 6.45) is 5.90. The summed E-state index contributed by atoms with van der Waals surface area (Å²) >= 11 is 0. The van der Waals surface area contributed by atoms with Gasteiger partial charge in [-0.3, -0.25) is 19.9 Å². The number of nitro benzene ring substituents is 1. The van der Waals surface area contributed by atoms with E-state index >= 15 is 0 Å². The highest BCUT2D eigenvalue weighted by Gasteiger charge is 2.07. The van der Waals surface area contributed by atoms with Gasteiger partial charge in [-0.2, -0.15) is 0 Å². The van der Waals surface area contributed by atoms with Crippen LogP contribution in [-0.4, -0.2) is 15.8 Å². The van der Waals surface area contributed by atoms with E-state index < -0.39 is 10.7 Å². The van der Waals surface area contributed by atoms with Crippen molar-refractivity contribution in [1.82, 2.24) is 10.3 Å². The number of non-ortho nitro benzene ring substituents is 1. The summed E-state index contributed by atoms with van der Waals surface area (Å²) in [4.78, 5) is 26.0. The normalized spacial score (nSPS) is 10.7. The van der Waals surface area contributed by atoms with E-state index in [1.807, 2.05) is 0 Å². The zero-order chi connectivity index (χ0) is 20.6.